The van der Waals surface area contributed by atoms with Crippen LogP contribution in [0.15, 0.2) is 48.5 Å². The molecule has 30 heavy (non-hydrogen) atoms. The van der Waals surface area contributed by atoms with Crippen molar-refractivity contribution in [1.82, 2.24) is 4.90 Å². The zero-order chi connectivity index (χ0) is 20.6. The van der Waals surface area contributed by atoms with Crippen molar-refractivity contribution >= 4 is 29.1 Å². The van der Waals surface area contributed by atoms with Crippen LogP contribution < -0.4 is 15.0 Å². The molecule has 0 radical (unpaired) electrons. The van der Waals surface area contributed by atoms with Gasteiger partial charge >= 0.3 is 0 Å². The van der Waals surface area contributed by atoms with Gasteiger partial charge in [0, 0.05) is 17.3 Å². The predicted molar refractivity (Wildman–Crippen MR) is 109 cm³/mol. The molecule has 4 aliphatic heterocycles. The quantitative estimate of drug-likeness (QED) is 0.778. The van der Waals surface area contributed by atoms with Crippen molar-refractivity contribution in [3.63, 3.8) is 0 Å². The first-order valence-corrected chi connectivity index (χ1v) is 10.3. The van der Waals surface area contributed by atoms with Gasteiger partial charge < -0.3 is 10.1 Å². The zero-order valence-electron chi connectivity index (χ0n) is 16.5. The van der Waals surface area contributed by atoms with Crippen LogP contribution in [-0.2, 0) is 19.9 Å². The maximum atomic E-state index is 13.8. The molecule has 0 saturated carbocycles. The largest absolute Gasteiger partial charge is 0.497 e. The van der Waals surface area contributed by atoms with Gasteiger partial charge in [-0.1, -0.05) is 18.2 Å². The molecule has 0 aromatic heterocycles. The van der Waals surface area contributed by atoms with E-state index in [9.17, 15) is 14.4 Å². The van der Waals surface area contributed by atoms with Crippen LogP contribution in [0.5, 0.6) is 5.75 Å². The van der Waals surface area contributed by atoms with Crippen LogP contribution in [0.4, 0.5) is 11.4 Å². The number of imide groups is 1. The van der Waals surface area contributed by atoms with E-state index in [0.29, 0.717) is 18.0 Å². The Morgan fingerprint density at radius 1 is 1.03 bits per heavy atom. The second kappa shape index (κ2) is 5.92. The molecule has 4 atom stereocenters. The van der Waals surface area contributed by atoms with Gasteiger partial charge in [-0.15, -0.1) is 0 Å². The molecule has 0 unspecified atom stereocenters. The maximum absolute atomic E-state index is 13.8. The number of hydrogen-bond acceptors (Lipinski definition) is 5. The first kappa shape index (κ1) is 17.7. The number of benzene rings is 2. The Morgan fingerprint density at radius 3 is 2.57 bits per heavy atom. The SMILES string of the molecule is COc1ccc(N2C(=O)[C@H]3[C@H]4CCCN4[C@@]4(C(=O)Nc5ccccc54)[C@@H]3C2=O)cc1. The van der Waals surface area contributed by atoms with E-state index in [1.165, 1.54) is 4.90 Å². The summed E-state index contributed by atoms with van der Waals surface area (Å²) in [6.07, 6.45) is 1.73. The number of nitrogens with zero attached hydrogens (tertiary/aromatic N) is 2. The number of ether oxygens (including phenoxy) is 1. The fourth-order valence-corrected chi connectivity index (χ4v) is 6.14. The fraction of sp³-hybridized carbons (Fsp3) is 0.348. The molecule has 4 heterocycles. The number of carbonyl (C=O) groups excluding carboxylic acids is 3. The number of para-hydroxylation sites is 1. The second-order valence-electron chi connectivity index (χ2n) is 8.38. The van der Waals surface area contributed by atoms with Crippen LogP contribution in [-0.4, -0.2) is 42.3 Å². The lowest BCUT2D eigenvalue weighted by Gasteiger charge is -2.36. The van der Waals surface area contributed by atoms with E-state index in [1.54, 1.807) is 31.4 Å². The summed E-state index contributed by atoms with van der Waals surface area (Å²) in [5, 5.41) is 2.98. The van der Waals surface area contributed by atoms with Gasteiger partial charge in [0.15, 0.2) is 0 Å². The molecule has 6 rings (SSSR count). The van der Waals surface area contributed by atoms with Crippen LogP contribution in [0.25, 0.3) is 0 Å². The van der Waals surface area contributed by atoms with Gasteiger partial charge in [-0.2, -0.15) is 0 Å². The number of hydrogen-bond donors (Lipinski definition) is 1. The predicted octanol–water partition coefficient (Wildman–Crippen LogP) is 2.13. The number of fused-ring (bicyclic) bond motifs is 7. The van der Waals surface area contributed by atoms with E-state index >= 15 is 0 Å². The van der Waals surface area contributed by atoms with E-state index in [4.69, 9.17) is 4.74 Å². The summed E-state index contributed by atoms with van der Waals surface area (Å²) >= 11 is 0. The lowest BCUT2D eigenvalue weighted by atomic mass is 9.75. The summed E-state index contributed by atoms with van der Waals surface area (Å²) in [5.74, 6) is -1.28. The minimum Gasteiger partial charge on any atom is -0.497 e. The van der Waals surface area contributed by atoms with Crippen molar-refractivity contribution in [3.8, 4) is 5.75 Å². The van der Waals surface area contributed by atoms with Crippen LogP contribution in [0.3, 0.4) is 0 Å². The summed E-state index contributed by atoms with van der Waals surface area (Å²) in [6, 6.07) is 14.3. The van der Waals surface area contributed by atoms with E-state index < -0.39 is 17.4 Å². The Bertz CT molecular complexity index is 1100. The first-order chi connectivity index (χ1) is 14.6. The fourth-order valence-electron chi connectivity index (χ4n) is 6.14. The number of carbonyl (C=O) groups is 3. The Kier molecular flexibility index (Phi) is 3.48. The molecular weight excluding hydrogens is 382 g/mol. The summed E-state index contributed by atoms with van der Waals surface area (Å²) in [5.41, 5.74) is 0.951. The minimum absolute atomic E-state index is 0.105. The Balaban J connectivity index is 1.52. The van der Waals surface area contributed by atoms with Gasteiger partial charge in [0.05, 0.1) is 24.6 Å². The Morgan fingerprint density at radius 2 is 1.80 bits per heavy atom. The number of amides is 3. The second-order valence-corrected chi connectivity index (χ2v) is 8.38. The minimum atomic E-state index is -1.11. The highest BCUT2D eigenvalue weighted by Crippen LogP contribution is 2.60. The lowest BCUT2D eigenvalue weighted by Crippen LogP contribution is -2.54. The topological polar surface area (TPSA) is 79.0 Å². The third-order valence-electron chi connectivity index (χ3n) is 7.23. The van der Waals surface area contributed by atoms with Crippen molar-refractivity contribution in [2.75, 3.05) is 23.9 Å². The van der Waals surface area contributed by atoms with E-state index in [1.807, 2.05) is 24.3 Å². The molecule has 3 saturated heterocycles. The Hall–Kier alpha value is -3.19. The number of methoxy groups -OCH3 is 1. The number of nitrogens with one attached hydrogen (secondary N) is 1. The monoisotopic (exact) mass is 403 g/mol. The van der Waals surface area contributed by atoms with Gasteiger partial charge in [-0.05, 0) is 49.7 Å². The molecular formula is C23H21N3O4. The van der Waals surface area contributed by atoms with E-state index in [0.717, 1.165) is 24.1 Å². The molecule has 152 valence electrons. The van der Waals surface area contributed by atoms with Crippen molar-refractivity contribution in [1.29, 1.82) is 0 Å². The van der Waals surface area contributed by atoms with Gasteiger partial charge in [0.2, 0.25) is 17.7 Å². The van der Waals surface area contributed by atoms with Gasteiger partial charge in [0.1, 0.15) is 11.3 Å². The molecule has 4 aliphatic rings. The first-order valence-electron chi connectivity index (χ1n) is 10.3. The molecule has 0 bridgehead atoms. The number of rotatable bonds is 2. The molecule has 0 aliphatic carbocycles. The highest BCUT2D eigenvalue weighted by atomic mass is 16.5. The third-order valence-corrected chi connectivity index (χ3v) is 7.23. The highest BCUT2D eigenvalue weighted by Gasteiger charge is 2.74. The number of anilines is 2. The normalized spacial score (nSPS) is 31.8. The summed E-state index contributed by atoms with van der Waals surface area (Å²) in [6.45, 7) is 0.711. The van der Waals surface area contributed by atoms with Gasteiger partial charge in [-0.25, -0.2) is 4.90 Å². The average molecular weight is 403 g/mol. The standard InChI is InChI=1S/C23H21N3O4/c1-30-14-10-8-13(9-11-14)26-20(27)18-17-7-4-12-25(17)23(19(18)21(26)28)15-5-2-3-6-16(15)24-22(23)29/h2-3,5-6,8-11,17-19H,4,7,12H2,1H3,(H,24,29)/t17-,18+,19+,23-/m1/s1. The molecule has 1 spiro atoms. The smallest absolute Gasteiger partial charge is 0.250 e. The van der Waals surface area contributed by atoms with Crippen LogP contribution in [0.2, 0.25) is 0 Å². The summed E-state index contributed by atoms with van der Waals surface area (Å²) in [4.78, 5) is 44.2. The lowest BCUT2D eigenvalue weighted by molar-refractivity contribution is -0.135. The van der Waals surface area contributed by atoms with Crippen molar-refractivity contribution in [3.05, 3.63) is 54.1 Å². The Labute approximate surface area is 173 Å². The van der Waals surface area contributed by atoms with Crippen LogP contribution >= 0.6 is 0 Å². The van der Waals surface area contributed by atoms with Gasteiger partial charge in [0.25, 0.3) is 0 Å². The maximum Gasteiger partial charge on any atom is 0.250 e. The van der Waals surface area contributed by atoms with Crippen molar-refractivity contribution in [2.45, 2.75) is 24.4 Å². The highest BCUT2D eigenvalue weighted by molar-refractivity contribution is 6.25. The molecule has 1 N–H and O–H groups in total. The van der Waals surface area contributed by atoms with E-state index in [-0.39, 0.29) is 23.8 Å². The van der Waals surface area contributed by atoms with Crippen molar-refractivity contribution < 1.29 is 19.1 Å². The molecule has 2 aromatic carbocycles. The molecule has 3 amide bonds. The molecule has 7 heteroatoms. The van der Waals surface area contributed by atoms with E-state index in [2.05, 4.69) is 10.2 Å². The molecule has 7 nitrogen and oxygen atoms in total. The summed E-state index contributed by atoms with van der Waals surface area (Å²) in [7, 11) is 1.57. The van der Waals surface area contributed by atoms with Crippen molar-refractivity contribution in [2.24, 2.45) is 11.8 Å². The van der Waals surface area contributed by atoms with Gasteiger partial charge in [-0.3, -0.25) is 19.3 Å². The van der Waals surface area contributed by atoms with Crippen LogP contribution in [0, 0.1) is 11.8 Å². The average Bonchev–Trinajstić information content (AvgIpc) is 3.46. The van der Waals surface area contributed by atoms with Crippen LogP contribution in [0.1, 0.15) is 18.4 Å². The third kappa shape index (κ3) is 1.91. The molecule has 3 fully saturated rings. The molecule has 2 aromatic rings. The zero-order valence-corrected chi connectivity index (χ0v) is 16.5. The summed E-state index contributed by atoms with van der Waals surface area (Å²) < 4.78 is 5.20.